The molecule has 0 saturated heterocycles. The summed E-state index contributed by atoms with van der Waals surface area (Å²) in [4.78, 5) is 129. The molecular formula is C47H90N16O9. The Balaban J connectivity index is 6.53. The summed E-state index contributed by atoms with van der Waals surface area (Å²) in [6, 6.07) is -9.02. The van der Waals surface area contributed by atoms with Gasteiger partial charge in [0.05, 0.1) is 12.6 Å². The van der Waals surface area contributed by atoms with E-state index in [1.165, 1.54) is 0 Å². The molecule has 0 bridgehead atoms. The van der Waals surface area contributed by atoms with E-state index >= 15 is 0 Å². The zero-order valence-electron chi connectivity index (χ0n) is 44.6. The second-order valence-corrected chi connectivity index (χ2v) is 20.3. The summed E-state index contributed by atoms with van der Waals surface area (Å²) in [6.45, 7) is 19.8. The third-order valence-corrected chi connectivity index (χ3v) is 11.3. The van der Waals surface area contributed by atoms with Crippen molar-refractivity contribution in [2.75, 3.05) is 19.6 Å². The van der Waals surface area contributed by atoms with Gasteiger partial charge < -0.3 is 76.9 Å². The molecule has 412 valence electrons. The van der Waals surface area contributed by atoms with Crippen molar-refractivity contribution in [3.63, 3.8) is 0 Å². The molecule has 20 N–H and O–H groups in total. The van der Waals surface area contributed by atoms with E-state index in [1.54, 1.807) is 20.8 Å². The summed E-state index contributed by atoms with van der Waals surface area (Å²) >= 11 is 0. The summed E-state index contributed by atoms with van der Waals surface area (Å²) in [5.41, 5.74) is 32.5. The van der Waals surface area contributed by atoms with Crippen LogP contribution in [0.4, 0.5) is 0 Å². The molecule has 0 aliphatic heterocycles. The van der Waals surface area contributed by atoms with Gasteiger partial charge >= 0.3 is 0 Å². The molecule has 25 heteroatoms. The monoisotopic (exact) mass is 1020 g/mol. The average molecular weight is 1020 g/mol. The van der Waals surface area contributed by atoms with Crippen molar-refractivity contribution in [3.05, 3.63) is 0 Å². The summed E-state index contributed by atoms with van der Waals surface area (Å²) in [5.74, 6) is -7.01. The lowest BCUT2D eigenvalue weighted by atomic mass is 9.87. The van der Waals surface area contributed by atoms with Crippen molar-refractivity contribution < 1.29 is 43.2 Å². The number of amides is 9. The lowest BCUT2D eigenvalue weighted by Crippen LogP contribution is -2.61. The Morgan fingerprint density at radius 1 is 0.472 bits per heavy atom. The van der Waals surface area contributed by atoms with Gasteiger partial charge in [-0.05, 0) is 81.0 Å². The van der Waals surface area contributed by atoms with Crippen LogP contribution in [0.25, 0.3) is 0 Å². The van der Waals surface area contributed by atoms with Crippen LogP contribution in [-0.2, 0) is 43.2 Å². The molecule has 0 radical (unpaired) electrons. The molecule has 0 aliphatic carbocycles. The van der Waals surface area contributed by atoms with Gasteiger partial charge in [-0.25, -0.2) is 0 Å². The van der Waals surface area contributed by atoms with Gasteiger partial charge in [0.15, 0.2) is 11.9 Å². The van der Waals surface area contributed by atoms with Crippen LogP contribution in [0, 0.1) is 23.2 Å². The fourth-order valence-corrected chi connectivity index (χ4v) is 7.24. The number of carbonyl (C=O) groups is 9. The molecule has 72 heavy (non-hydrogen) atoms. The van der Waals surface area contributed by atoms with E-state index in [2.05, 4.69) is 52.5 Å². The summed E-state index contributed by atoms with van der Waals surface area (Å²) < 4.78 is 0. The normalized spacial score (nSPS) is 15.1. The van der Waals surface area contributed by atoms with Gasteiger partial charge in [-0.15, -0.1) is 0 Å². The van der Waals surface area contributed by atoms with Crippen LogP contribution >= 0.6 is 0 Å². The van der Waals surface area contributed by atoms with Crippen LogP contribution in [0.2, 0.25) is 0 Å². The molecule has 0 rings (SSSR count). The zero-order valence-corrected chi connectivity index (χ0v) is 44.6. The number of rotatable bonds is 34. The molecule has 9 atom stereocenters. The molecule has 0 spiro atoms. The predicted octanol–water partition coefficient (Wildman–Crippen LogP) is -2.19. The molecule has 0 saturated carbocycles. The minimum atomic E-state index is -1.27. The molecule has 0 aliphatic rings. The fourth-order valence-electron chi connectivity index (χ4n) is 7.24. The number of nitrogens with one attached hydrogen (secondary N) is 8. The number of nitrogens with zero attached hydrogens (tertiary/aromatic N) is 2. The first-order valence-electron chi connectivity index (χ1n) is 25.0. The van der Waals surface area contributed by atoms with Crippen molar-refractivity contribution in [2.45, 2.75) is 189 Å². The average Bonchev–Trinajstić information content (AvgIpc) is 3.28. The Labute approximate surface area is 425 Å². The second-order valence-electron chi connectivity index (χ2n) is 20.3. The first-order chi connectivity index (χ1) is 33.5. The van der Waals surface area contributed by atoms with Gasteiger partial charge in [-0.1, -0.05) is 82.6 Å². The lowest BCUT2D eigenvalue weighted by Gasteiger charge is -2.30. The topological polar surface area (TPSA) is 431 Å². The zero-order chi connectivity index (χ0) is 55.5. The van der Waals surface area contributed by atoms with Crippen molar-refractivity contribution >= 4 is 65.1 Å². The summed E-state index contributed by atoms with van der Waals surface area (Å²) in [7, 11) is 0. The highest BCUT2D eigenvalue weighted by atomic mass is 16.2. The Bertz CT molecular complexity index is 1850. The highest BCUT2D eigenvalue weighted by Crippen LogP contribution is 2.22. The molecule has 0 aromatic heterocycles. The van der Waals surface area contributed by atoms with Gasteiger partial charge in [0, 0.05) is 13.1 Å². The van der Waals surface area contributed by atoms with Crippen molar-refractivity contribution in [1.29, 1.82) is 0 Å². The number of nitrogens with two attached hydrogens (primary N) is 6. The van der Waals surface area contributed by atoms with Crippen LogP contribution in [0.1, 0.15) is 140 Å². The first kappa shape index (κ1) is 65.7. The Hall–Kier alpha value is -6.27. The standard InChI is InChI=1S/C47H90N16O9/c1-12-27(8)36(63-40(68)30(14-3)57-37(65)28(48)17-15-19-54-45(50)51)44(72)61-33(22-26(6)7)42(70)58-29(13-2)39(67)59-31(18-16-20-55-46(52)53)41(69)62-34(23-47(9,10)11)43(71)60-32(21-25(4)5)38(66)56-24-35(49)64/h25-34,36H,12-24,48H2,1-11H3,(H2,49,64)(H,56,66)(H,57,65)(H,58,70)(H,59,67)(H,60,71)(H,61,72)(H,62,69)(H,63,68)(H4,50,51,54)(H4,52,53,55)/t27-,28-,29?,30?,31-,32-,33-,34?,36-/m0/s1. The van der Waals surface area contributed by atoms with E-state index in [1.807, 2.05) is 55.4 Å². The molecule has 0 heterocycles. The number of hydrogen-bond donors (Lipinski definition) is 14. The van der Waals surface area contributed by atoms with E-state index in [9.17, 15) is 43.2 Å². The molecule has 3 unspecified atom stereocenters. The molecule has 25 nitrogen and oxygen atoms in total. The SMILES string of the molecule is CCC(NC(=O)[C@H](CC(C)C)NC(=O)[C@@H](NC(=O)C(CC)NC(=O)[C@@H](N)CCCN=C(N)N)[C@@H](C)CC)C(=O)N[C@@H](CCCN=C(N)N)C(=O)NC(CC(C)(C)C)C(=O)N[C@@H](CC(C)C)C(=O)NCC(N)=O. The minimum absolute atomic E-state index is 0.00108. The van der Waals surface area contributed by atoms with E-state index in [4.69, 9.17) is 34.4 Å². The van der Waals surface area contributed by atoms with Gasteiger partial charge in [0.2, 0.25) is 53.2 Å². The van der Waals surface area contributed by atoms with Crippen molar-refractivity contribution in [2.24, 2.45) is 67.6 Å². The Morgan fingerprint density at radius 2 is 0.861 bits per heavy atom. The van der Waals surface area contributed by atoms with Crippen LogP contribution in [-0.4, -0.2) is 133 Å². The van der Waals surface area contributed by atoms with E-state index in [0.29, 0.717) is 12.8 Å². The van der Waals surface area contributed by atoms with Crippen LogP contribution in [0.5, 0.6) is 0 Å². The largest absolute Gasteiger partial charge is 0.370 e. The molecule has 0 fully saturated rings. The maximum atomic E-state index is 14.2. The van der Waals surface area contributed by atoms with Crippen LogP contribution < -0.4 is 76.9 Å². The van der Waals surface area contributed by atoms with Gasteiger partial charge in [-0.3, -0.25) is 53.1 Å². The maximum absolute atomic E-state index is 14.2. The van der Waals surface area contributed by atoms with Gasteiger partial charge in [0.25, 0.3) is 0 Å². The number of primary amides is 1. The maximum Gasteiger partial charge on any atom is 0.243 e. The molecule has 0 aromatic rings. The summed E-state index contributed by atoms with van der Waals surface area (Å²) in [5, 5.41) is 21.5. The lowest BCUT2D eigenvalue weighted by molar-refractivity contribution is -0.136. The molecule has 9 amide bonds. The fraction of sp³-hybridized carbons (Fsp3) is 0.766. The first-order valence-corrected chi connectivity index (χ1v) is 25.0. The minimum Gasteiger partial charge on any atom is -0.370 e. The number of aliphatic imine (C=N–C) groups is 2. The van der Waals surface area contributed by atoms with Gasteiger partial charge in [0.1, 0.15) is 42.3 Å². The predicted molar refractivity (Wildman–Crippen MR) is 277 cm³/mol. The highest BCUT2D eigenvalue weighted by molar-refractivity contribution is 5.98. The number of hydrogen-bond acceptors (Lipinski definition) is 12. The third-order valence-electron chi connectivity index (χ3n) is 11.3. The molecule has 0 aromatic carbocycles. The number of guanidine groups is 2. The quantitative estimate of drug-likeness (QED) is 0.0185. The van der Waals surface area contributed by atoms with Crippen molar-refractivity contribution in [3.8, 4) is 0 Å². The van der Waals surface area contributed by atoms with Gasteiger partial charge in [-0.2, -0.15) is 0 Å². The van der Waals surface area contributed by atoms with Crippen LogP contribution in [0.15, 0.2) is 9.98 Å². The smallest absolute Gasteiger partial charge is 0.243 e. The van der Waals surface area contributed by atoms with E-state index < -0.39 is 119 Å². The summed E-state index contributed by atoms with van der Waals surface area (Å²) in [6.07, 6.45) is 2.04. The van der Waals surface area contributed by atoms with Crippen molar-refractivity contribution in [1.82, 2.24) is 42.5 Å². The Kier molecular flexibility index (Phi) is 30.5. The van der Waals surface area contributed by atoms with Crippen LogP contribution in [0.3, 0.4) is 0 Å². The second kappa shape index (κ2) is 33.4. The number of carbonyl (C=O) groups excluding carboxylic acids is 9. The Morgan fingerprint density at radius 3 is 1.32 bits per heavy atom. The van der Waals surface area contributed by atoms with E-state index in [0.717, 1.165) is 0 Å². The molecular weight excluding hydrogens is 933 g/mol. The van der Waals surface area contributed by atoms with E-state index in [-0.39, 0.29) is 88.2 Å². The third kappa shape index (κ3) is 27.4. The highest BCUT2D eigenvalue weighted by Gasteiger charge is 2.36.